The average molecular weight is 269 g/mol. The Morgan fingerprint density at radius 2 is 2.27 bits per heavy atom. The van der Waals surface area contributed by atoms with Crippen LogP contribution in [0.2, 0.25) is 0 Å². The molecule has 1 aliphatic heterocycles. The number of amides is 1. The van der Waals surface area contributed by atoms with Gasteiger partial charge in [-0.1, -0.05) is 6.07 Å². The normalized spacial score (nSPS) is 21.1. The van der Waals surface area contributed by atoms with Crippen molar-refractivity contribution in [2.75, 3.05) is 11.4 Å². The first-order valence-corrected chi connectivity index (χ1v) is 5.72. The molecule has 1 aromatic carbocycles. The minimum Gasteiger partial charge on any atom is -0.320 e. The molecule has 1 atom stereocenters. The maximum Gasteiger partial charge on any atom is 0.243 e. The fourth-order valence-corrected chi connectivity index (χ4v) is 2.23. The van der Waals surface area contributed by atoms with Gasteiger partial charge in [-0.3, -0.25) is 4.79 Å². The highest BCUT2D eigenvalue weighted by Gasteiger charge is 2.30. The summed E-state index contributed by atoms with van der Waals surface area (Å²) in [5.41, 5.74) is 7.75. The number of carbonyl (C=O) groups is 1. The van der Waals surface area contributed by atoms with Crippen molar-refractivity contribution in [3.8, 4) is 0 Å². The first-order valence-electron chi connectivity index (χ1n) is 4.92. The first-order chi connectivity index (χ1) is 7.09. The van der Waals surface area contributed by atoms with Crippen molar-refractivity contribution in [1.82, 2.24) is 0 Å². The minimum atomic E-state index is -0.336. The molecule has 1 aliphatic rings. The molecule has 1 heterocycles. The number of hydrogen-bond donors (Lipinski definition) is 1. The highest BCUT2D eigenvalue weighted by atomic mass is 79.9. The second-order valence-electron chi connectivity index (χ2n) is 3.84. The van der Waals surface area contributed by atoms with E-state index in [1.807, 2.05) is 25.1 Å². The molecule has 1 amide bonds. The Bertz CT molecular complexity index is 406. The largest absolute Gasteiger partial charge is 0.320 e. The number of rotatable bonds is 1. The van der Waals surface area contributed by atoms with Crippen LogP contribution in [0, 0.1) is 6.92 Å². The molecule has 0 bridgehead atoms. The quantitative estimate of drug-likeness (QED) is 0.845. The number of aryl methyl sites for hydroxylation is 1. The maximum absolute atomic E-state index is 11.7. The Morgan fingerprint density at radius 1 is 1.53 bits per heavy atom. The predicted molar refractivity (Wildman–Crippen MR) is 63.8 cm³/mol. The Balaban J connectivity index is 2.37. The molecule has 1 aromatic rings. The van der Waals surface area contributed by atoms with Gasteiger partial charge in [0, 0.05) is 11.0 Å². The van der Waals surface area contributed by atoms with E-state index >= 15 is 0 Å². The van der Waals surface area contributed by atoms with Crippen molar-refractivity contribution in [2.45, 2.75) is 19.4 Å². The molecule has 0 aliphatic carbocycles. The molecule has 1 fully saturated rings. The molecule has 0 radical (unpaired) electrons. The zero-order chi connectivity index (χ0) is 11.0. The van der Waals surface area contributed by atoms with Crippen LogP contribution in [0.4, 0.5) is 5.69 Å². The Morgan fingerprint density at radius 3 is 2.87 bits per heavy atom. The lowest BCUT2D eigenvalue weighted by molar-refractivity contribution is -0.118. The van der Waals surface area contributed by atoms with E-state index in [0.29, 0.717) is 6.54 Å². The lowest BCUT2D eigenvalue weighted by Crippen LogP contribution is -2.34. The fourth-order valence-electron chi connectivity index (χ4n) is 1.77. The van der Waals surface area contributed by atoms with Gasteiger partial charge in [0.1, 0.15) is 0 Å². The third-order valence-electron chi connectivity index (χ3n) is 2.64. The summed E-state index contributed by atoms with van der Waals surface area (Å²) < 4.78 is 0.940. The summed E-state index contributed by atoms with van der Waals surface area (Å²) >= 11 is 3.45. The van der Waals surface area contributed by atoms with Crippen molar-refractivity contribution in [3.63, 3.8) is 0 Å². The summed E-state index contributed by atoms with van der Waals surface area (Å²) in [6, 6.07) is 5.63. The summed E-state index contributed by atoms with van der Waals surface area (Å²) in [6.07, 6.45) is 0.735. The minimum absolute atomic E-state index is 0.0151. The first kappa shape index (κ1) is 10.6. The zero-order valence-corrected chi connectivity index (χ0v) is 10.1. The zero-order valence-electron chi connectivity index (χ0n) is 8.53. The Labute approximate surface area is 97.4 Å². The number of carbonyl (C=O) groups excluding carboxylic acids is 1. The summed E-state index contributed by atoms with van der Waals surface area (Å²) in [5, 5.41) is 0. The van der Waals surface area contributed by atoms with Crippen molar-refractivity contribution in [2.24, 2.45) is 5.73 Å². The standard InChI is InChI=1S/C11H13BrN2O/c1-7-2-3-8(12)10(6-7)14-5-4-9(13)11(14)15/h2-3,6,9H,4-5,13H2,1H3. The number of benzene rings is 1. The van der Waals surface area contributed by atoms with Gasteiger partial charge in [-0.25, -0.2) is 0 Å². The van der Waals surface area contributed by atoms with E-state index in [1.165, 1.54) is 0 Å². The Kier molecular flexibility index (Phi) is 2.80. The van der Waals surface area contributed by atoms with E-state index in [2.05, 4.69) is 15.9 Å². The number of hydrogen-bond acceptors (Lipinski definition) is 2. The van der Waals surface area contributed by atoms with E-state index in [0.717, 1.165) is 22.1 Å². The number of nitrogens with two attached hydrogens (primary N) is 1. The van der Waals surface area contributed by atoms with Crippen molar-refractivity contribution in [1.29, 1.82) is 0 Å². The van der Waals surface area contributed by atoms with Crippen LogP contribution in [0.1, 0.15) is 12.0 Å². The van der Waals surface area contributed by atoms with Gasteiger partial charge in [0.15, 0.2) is 0 Å². The van der Waals surface area contributed by atoms with Crippen LogP contribution in [0.15, 0.2) is 22.7 Å². The van der Waals surface area contributed by atoms with Crippen molar-refractivity contribution >= 4 is 27.5 Å². The van der Waals surface area contributed by atoms with Gasteiger partial charge in [-0.05, 0) is 47.0 Å². The Hall–Kier alpha value is -0.870. The van der Waals surface area contributed by atoms with Gasteiger partial charge in [-0.2, -0.15) is 0 Å². The molecule has 0 saturated carbocycles. The van der Waals surface area contributed by atoms with E-state index in [-0.39, 0.29) is 11.9 Å². The summed E-state index contributed by atoms with van der Waals surface area (Å²) in [5.74, 6) is 0.0151. The van der Waals surface area contributed by atoms with E-state index in [4.69, 9.17) is 5.73 Å². The fraction of sp³-hybridized carbons (Fsp3) is 0.364. The van der Waals surface area contributed by atoms with Crippen LogP contribution in [0.5, 0.6) is 0 Å². The van der Waals surface area contributed by atoms with Gasteiger partial charge in [0.05, 0.1) is 11.7 Å². The molecular formula is C11H13BrN2O. The molecule has 0 spiro atoms. The van der Waals surface area contributed by atoms with Crippen LogP contribution in [0.25, 0.3) is 0 Å². The summed E-state index contributed by atoms with van der Waals surface area (Å²) in [6.45, 7) is 2.72. The molecule has 1 unspecified atom stereocenters. The molecule has 15 heavy (non-hydrogen) atoms. The van der Waals surface area contributed by atoms with Crippen LogP contribution in [0.3, 0.4) is 0 Å². The number of nitrogens with zero attached hydrogens (tertiary/aromatic N) is 1. The SMILES string of the molecule is Cc1ccc(Br)c(N2CCC(N)C2=O)c1. The lowest BCUT2D eigenvalue weighted by atomic mass is 10.2. The molecule has 1 saturated heterocycles. The average Bonchev–Trinajstić information content (AvgIpc) is 2.52. The van der Waals surface area contributed by atoms with Gasteiger partial charge in [-0.15, -0.1) is 0 Å². The molecule has 80 valence electrons. The van der Waals surface area contributed by atoms with Crippen LogP contribution in [-0.4, -0.2) is 18.5 Å². The van der Waals surface area contributed by atoms with E-state index in [1.54, 1.807) is 4.90 Å². The number of halogens is 1. The van der Waals surface area contributed by atoms with Crippen molar-refractivity contribution in [3.05, 3.63) is 28.2 Å². The highest BCUT2D eigenvalue weighted by molar-refractivity contribution is 9.10. The topological polar surface area (TPSA) is 46.3 Å². The third-order valence-corrected chi connectivity index (χ3v) is 3.31. The van der Waals surface area contributed by atoms with Gasteiger partial charge < -0.3 is 10.6 Å². The molecule has 2 N–H and O–H groups in total. The van der Waals surface area contributed by atoms with Gasteiger partial charge in [0.2, 0.25) is 5.91 Å². The molecule has 4 heteroatoms. The predicted octanol–water partition coefficient (Wildman–Crippen LogP) is 1.82. The van der Waals surface area contributed by atoms with Crippen molar-refractivity contribution < 1.29 is 4.79 Å². The third kappa shape index (κ3) is 1.92. The van der Waals surface area contributed by atoms with Gasteiger partial charge in [0.25, 0.3) is 0 Å². The summed E-state index contributed by atoms with van der Waals surface area (Å²) in [4.78, 5) is 13.5. The second-order valence-corrected chi connectivity index (χ2v) is 4.69. The van der Waals surface area contributed by atoms with Crippen LogP contribution < -0.4 is 10.6 Å². The summed E-state index contributed by atoms with van der Waals surface area (Å²) in [7, 11) is 0. The maximum atomic E-state index is 11.7. The molecule has 2 rings (SSSR count). The van der Waals surface area contributed by atoms with E-state index < -0.39 is 0 Å². The van der Waals surface area contributed by atoms with Gasteiger partial charge >= 0.3 is 0 Å². The second kappa shape index (κ2) is 3.94. The monoisotopic (exact) mass is 268 g/mol. The smallest absolute Gasteiger partial charge is 0.243 e. The molecular weight excluding hydrogens is 256 g/mol. The molecule has 3 nitrogen and oxygen atoms in total. The lowest BCUT2D eigenvalue weighted by Gasteiger charge is -2.18. The highest BCUT2D eigenvalue weighted by Crippen LogP contribution is 2.30. The van der Waals surface area contributed by atoms with E-state index in [9.17, 15) is 4.79 Å². The molecule has 0 aromatic heterocycles. The van der Waals surface area contributed by atoms with Crippen LogP contribution >= 0.6 is 15.9 Å². The van der Waals surface area contributed by atoms with Crippen LogP contribution in [-0.2, 0) is 4.79 Å². The number of anilines is 1.